The second kappa shape index (κ2) is 5.37. The molecule has 3 atom stereocenters. The summed E-state index contributed by atoms with van der Waals surface area (Å²) in [6, 6.07) is 1.45. The highest BCUT2D eigenvalue weighted by Gasteiger charge is 2.49. The van der Waals surface area contributed by atoms with Gasteiger partial charge in [0.1, 0.15) is 0 Å². The topological polar surface area (TPSA) is 23.5 Å². The van der Waals surface area contributed by atoms with Gasteiger partial charge in [-0.3, -0.25) is 4.90 Å². The number of likely N-dealkylation sites (tertiary alicyclic amines) is 1. The van der Waals surface area contributed by atoms with E-state index < -0.39 is 0 Å². The van der Waals surface area contributed by atoms with Gasteiger partial charge in [-0.15, -0.1) is 0 Å². The Hall–Kier alpha value is -0.0800. The van der Waals surface area contributed by atoms with Crippen LogP contribution >= 0.6 is 0 Å². The summed E-state index contributed by atoms with van der Waals surface area (Å²) in [6.45, 7) is 6.04. The van der Waals surface area contributed by atoms with E-state index in [1.54, 1.807) is 0 Å². The van der Waals surface area contributed by atoms with Crippen molar-refractivity contribution in [3.8, 4) is 0 Å². The molecule has 0 aromatic carbocycles. The van der Waals surface area contributed by atoms with E-state index in [2.05, 4.69) is 18.7 Å². The smallest absolute Gasteiger partial charge is 0.0555 e. The number of aliphatic hydroxyl groups excluding tert-OH is 1. The van der Waals surface area contributed by atoms with Gasteiger partial charge in [-0.1, -0.05) is 26.7 Å². The Morgan fingerprint density at radius 2 is 1.79 bits per heavy atom. The van der Waals surface area contributed by atoms with Crippen LogP contribution in [0.5, 0.6) is 0 Å². The molecule has 110 valence electrons. The van der Waals surface area contributed by atoms with Crippen LogP contribution in [-0.2, 0) is 0 Å². The summed E-state index contributed by atoms with van der Waals surface area (Å²) in [6.07, 6.45) is 11.8. The van der Waals surface area contributed by atoms with Gasteiger partial charge < -0.3 is 5.11 Å². The first-order valence-corrected chi connectivity index (χ1v) is 8.56. The molecular formula is C17H31NO. The lowest BCUT2D eigenvalue weighted by molar-refractivity contribution is -0.0375. The van der Waals surface area contributed by atoms with Crippen LogP contribution < -0.4 is 0 Å². The maximum absolute atomic E-state index is 10.2. The highest BCUT2D eigenvalue weighted by Crippen LogP contribution is 2.52. The van der Waals surface area contributed by atoms with Gasteiger partial charge in [0.15, 0.2) is 0 Å². The fraction of sp³-hybridized carbons (Fsp3) is 1.00. The van der Waals surface area contributed by atoms with Crippen LogP contribution in [-0.4, -0.2) is 34.7 Å². The van der Waals surface area contributed by atoms with E-state index in [0.717, 1.165) is 24.8 Å². The first-order valence-electron chi connectivity index (χ1n) is 8.56. The molecule has 3 fully saturated rings. The lowest BCUT2D eigenvalue weighted by Crippen LogP contribution is -2.54. The highest BCUT2D eigenvalue weighted by atomic mass is 16.3. The van der Waals surface area contributed by atoms with Crippen LogP contribution in [0.25, 0.3) is 0 Å². The molecule has 2 nitrogen and oxygen atoms in total. The van der Waals surface area contributed by atoms with Gasteiger partial charge in [0.25, 0.3) is 0 Å². The van der Waals surface area contributed by atoms with Crippen LogP contribution in [0.2, 0.25) is 0 Å². The third kappa shape index (κ3) is 2.47. The minimum Gasteiger partial charge on any atom is -0.393 e. The Balaban J connectivity index is 1.82. The Kier molecular flexibility index (Phi) is 3.92. The van der Waals surface area contributed by atoms with E-state index >= 15 is 0 Å². The fourth-order valence-corrected chi connectivity index (χ4v) is 5.31. The minimum atomic E-state index is -0.0374. The molecule has 0 bridgehead atoms. The van der Waals surface area contributed by atoms with Gasteiger partial charge >= 0.3 is 0 Å². The molecular weight excluding hydrogens is 234 g/mol. The molecule has 0 radical (unpaired) electrons. The van der Waals surface area contributed by atoms with Gasteiger partial charge in [-0.25, -0.2) is 0 Å². The molecule has 3 aliphatic rings. The summed E-state index contributed by atoms with van der Waals surface area (Å²) < 4.78 is 0. The molecule has 2 aliphatic carbocycles. The molecule has 19 heavy (non-hydrogen) atoms. The zero-order valence-corrected chi connectivity index (χ0v) is 12.8. The van der Waals surface area contributed by atoms with E-state index in [-0.39, 0.29) is 6.10 Å². The van der Waals surface area contributed by atoms with Crippen molar-refractivity contribution >= 4 is 0 Å². The van der Waals surface area contributed by atoms with Crippen LogP contribution in [0.3, 0.4) is 0 Å². The number of nitrogens with zero attached hydrogens (tertiary/aromatic N) is 1. The van der Waals surface area contributed by atoms with Crippen LogP contribution in [0.4, 0.5) is 0 Å². The molecule has 3 rings (SSSR count). The first-order chi connectivity index (χ1) is 9.12. The van der Waals surface area contributed by atoms with Crippen molar-refractivity contribution in [2.45, 2.75) is 89.8 Å². The van der Waals surface area contributed by atoms with E-state index in [1.165, 1.54) is 51.5 Å². The zero-order chi connectivity index (χ0) is 13.5. The van der Waals surface area contributed by atoms with Crippen molar-refractivity contribution in [2.75, 3.05) is 6.54 Å². The second-order valence-electron chi connectivity index (χ2n) is 7.70. The first kappa shape index (κ1) is 13.9. The fourth-order valence-electron chi connectivity index (χ4n) is 5.31. The standard InChI is InChI=1S/C17H31NO/c1-13(2)15-6-5-11-18(15)16-12-14(19)7-10-17(16)8-3-4-9-17/h13-16,19H,3-12H2,1-2H3. The van der Waals surface area contributed by atoms with Gasteiger partial charge in [0, 0.05) is 12.1 Å². The van der Waals surface area contributed by atoms with Gasteiger partial charge in [0.2, 0.25) is 0 Å². The highest BCUT2D eigenvalue weighted by molar-refractivity contribution is 5.03. The molecule has 1 aliphatic heterocycles. The number of aliphatic hydroxyl groups is 1. The number of hydrogen-bond donors (Lipinski definition) is 1. The predicted octanol–water partition coefficient (Wildman–Crippen LogP) is 3.58. The molecule has 0 aromatic heterocycles. The molecule has 1 N–H and O–H groups in total. The molecule has 1 spiro atoms. The normalized spacial score (nSPS) is 39.5. The van der Waals surface area contributed by atoms with E-state index in [4.69, 9.17) is 0 Å². The maximum Gasteiger partial charge on any atom is 0.0555 e. The predicted molar refractivity (Wildman–Crippen MR) is 79.1 cm³/mol. The van der Waals surface area contributed by atoms with Crippen molar-refractivity contribution in [3.05, 3.63) is 0 Å². The summed E-state index contributed by atoms with van der Waals surface area (Å²) in [5.74, 6) is 0.764. The minimum absolute atomic E-state index is 0.0374. The van der Waals surface area contributed by atoms with E-state index in [0.29, 0.717) is 11.5 Å². The largest absolute Gasteiger partial charge is 0.393 e. The van der Waals surface area contributed by atoms with E-state index in [9.17, 15) is 5.11 Å². The summed E-state index contributed by atoms with van der Waals surface area (Å²) >= 11 is 0. The van der Waals surface area contributed by atoms with Crippen molar-refractivity contribution in [3.63, 3.8) is 0 Å². The monoisotopic (exact) mass is 265 g/mol. The van der Waals surface area contributed by atoms with E-state index in [1.807, 2.05) is 0 Å². The zero-order valence-electron chi connectivity index (χ0n) is 12.8. The molecule has 3 unspecified atom stereocenters. The van der Waals surface area contributed by atoms with Gasteiger partial charge in [0.05, 0.1) is 6.10 Å². The van der Waals surface area contributed by atoms with Crippen molar-refractivity contribution < 1.29 is 5.11 Å². The third-order valence-corrected chi connectivity index (χ3v) is 6.29. The molecule has 2 saturated carbocycles. The van der Waals surface area contributed by atoms with Crippen LogP contribution in [0.1, 0.15) is 71.6 Å². The average Bonchev–Trinajstić information content (AvgIpc) is 3.03. The lowest BCUT2D eigenvalue weighted by atomic mass is 9.67. The summed E-state index contributed by atoms with van der Waals surface area (Å²) in [4.78, 5) is 2.82. The van der Waals surface area contributed by atoms with Crippen molar-refractivity contribution in [1.82, 2.24) is 4.90 Å². The Labute approximate surface area is 118 Å². The molecule has 1 saturated heterocycles. The number of hydrogen-bond acceptors (Lipinski definition) is 2. The van der Waals surface area contributed by atoms with Gasteiger partial charge in [-0.05, 0) is 62.8 Å². The Morgan fingerprint density at radius 3 is 2.47 bits per heavy atom. The maximum atomic E-state index is 10.2. The van der Waals surface area contributed by atoms with Crippen LogP contribution in [0, 0.1) is 11.3 Å². The third-order valence-electron chi connectivity index (χ3n) is 6.29. The quantitative estimate of drug-likeness (QED) is 0.825. The lowest BCUT2D eigenvalue weighted by Gasteiger charge is -2.50. The summed E-state index contributed by atoms with van der Waals surface area (Å²) in [5.41, 5.74) is 0.566. The van der Waals surface area contributed by atoms with Crippen LogP contribution in [0.15, 0.2) is 0 Å². The van der Waals surface area contributed by atoms with Crippen molar-refractivity contribution in [1.29, 1.82) is 0 Å². The molecule has 0 amide bonds. The number of rotatable bonds is 2. The van der Waals surface area contributed by atoms with Crippen molar-refractivity contribution in [2.24, 2.45) is 11.3 Å². The summed E-state index contributed by atoms with van der Waals surface area (Å²) in [7, 11) is 0. The Bertz CT molecular complexity index is 308. The molecule has 2 heteroatoms. The average molecular weight is 265 g/mol. The molecule has 0 aromatic rings. The summed E-state index contributed by atoms with van der Waals surface area (Å²) in [5, 5.41) is 10.2. The second-order valence-corrected chi connectivity index (χ2v) is 7.70. The van der Waals surface area contributed by atoms with Gasteiger partial charge in [-0.2, -0.15) is 0 Å². The SMILES string of the molecule is CC(C)C1CCCN1C1CC(O)CCC12CCCC2. The Morgan fingerprint density at radius 1 is 1.05 bits per heavy atom. The molecule has 1 heterocycles.